The van der Waals surface area contributed by atoms with Crippen LogP contribution >= 0.6 is 0 Å². The molecule has 0 bridgehead atoms. The first-order valence-electron chi connectivity index (χ1n) is 7.79. The Kier molecular flexibility index (Phi) is 3.85. The molecule has 21 heavy (non-hydrogen) atoms. The summed E-state index contributed by atoms with van der Waals surface area (Å²) in [5.74, 6) is 0. The van der Waals surface area contributed by atoms with Gasteiger partial charge in [0.25, 0.3) is 0 Å². The van der Waals surface area contributed by atoms with Crippen LogP contribution in [-0.4, -0.2) is 32.4 Å². The monoisotopic (exact) mass is 287 g/mol. The van der Waals surface area contributed by atoms with Gasteiger partial charge >= 0.3 is 0 Å². The summed E-state index contributed by atoms with van der Waals surface area (Å²) in [6, 6.07) is 0.523. The maximum Gasteiger partial charge on any atom is 0.0995 e. The van der Waals surface area contributed by atoms with E-state index in [1.165, 1.54) is 5.69 Å². The van der Waals surface area contributed by atoms with Gasteiger partial charge in [-0.3, -0.25) is 4.68 Å². The van der Waals surface area contributed by atoms with Crippen molar-refractivity contribution in [3.05, 3.63) is 30.6 Å². The Morgan fingerprint density at radius 2 is 2.00 bits per heavy atom. The van der Waals surface area contributed by atoms with Gasteiger partial charge in [-0.15, -0.1) is 0 Å². The Bertz CT molecular complexity index is 584. The summed E-state index contributed by atoms with van der Waals surface area (Å²) in [6.45, 7) is 8.93. The van der Waals surface area contributed by atoms with Crippen LogP contribution in [0.4, 0.5) is 0 Å². The summed E-state index contributed by atoms with van der Waals surface area (Å²) in [6.07, 6.45) is 11.3. The third kappa shape index (κ3) is 3.35. The van der Waals surface area contributed by atoms with E-state index in [-0.39, 0.29) is 5.41 Å². The first-order valence-corrected chi connectivity index (χ1v) is 7.79. The Morgan fingerprint density at radius 3 is 2.71 bits per heavy atom. The molecule has 1 aliphatic rings. The van der Waals surface area contributed by atoms with Crippen LogP contribution in [0.5, 0.6) is 0 Å². The second-order valence-corrected chi connectivity index (χ2v) is 7.15. The molecule has 2 aromatic heterocycles. The van der Waals surface area contributed by atoms with Crippen molar-refractivity contribution < 1.29 is 0 Å². The highest BCUT2D eigenvalue weighted by molar-refractivity contribution is 5.29. The molecule has 3 heterocycles. The van der Waals surface area contributed by atoms with E-state index in [1.807, 2.05) is 18.7 Å². The number of hydrogen-bond acceptors (Lipinski definition) is 3. The maximum atomic E-state index is 4.57. The summed E-state index contributed by atoms with van der Waals surface area (Å²) in [5.41, 5.74) is 2.61. The lowest BCUT2D eigenvalue weighted by Gasteiger charge is -2.22. The van der Waals surface area contributed by atoms with Crippen LogP contribution in [0.1, 0.15) is 45.3 Å². The lowest BCUT2D eigenvalue weighted by atomic mass is 9.91. The summed E-state index contributed by atoms with van der Waals surface area (Å²) in [4.78, 5) is 4.32. The SMILES string of the molecule is CC(C)(C)Cc1cncn1-c1cnn(C2CCNCC2)c1. The quantitative estimate of drug-likeness (QED) is 0.944. The lowest BCUT2D eigenvalue weighted by Crippen LogP contribution is -2.29. The summed E-state index contributed by atoms with van der Waals surface area (Å²) >= 11 is 0. The van der Waals surface area contributed by atoms with Crippen LogP contribution in [0.15, 0.2) is 24.9 Å². The molecular formula is C16H25N5. The molecule has 0 unspecified atom stereocenters. The van der Waals surface area contributed by atoms with Crippen molar-refractivity contribution >= 4 is 0 Å². The fraction of sp³-hybridized carbons (Fsp3) is 0.625. The van der Waals surface area contributed by atoms with Crippen LogP contribution in [-0.2, 0) is 6.42 Å². The zero-order valence-corrected chi connectivity index (χ0v) is 13.2. The van der Waals surface area contributed by atoms with Gasteiger partial charge in [0.05, 0.1) is 24.3 Å². The Balaban J connectivity index is 1.81. The molecule has 114 valence electrons. The van der Waals surface area contributed by atoms with Crippen molar-refractivity contribution in [1.82, 2.24) is 24.6 Å². The average molecular weight is 287 g/mol. The van der Waals surface area contributed by atoms with E-state index in [1.54, 1.807) is 0 Å². The number of nitrogens with one attached hydrogen (secondary N) is 1. The van der Waals surface area contributed by atoms with E-state index in [4.69, 9.17) is 0 Å². The van der Waals surface area contributed by atoms with E-state index < -0.39 is 0 Å². The van der Waals surface area contributed by atoms with Crippen molar-refractivity contribution in [1.29, 1.82) is 0 Å². The first-order chi connectivity index (χ1) is 10.0. The third-order valence-corrected chi connectivity index (χ3v) is 3.98. The Labute approximate surface area is 126 Å². The summed E-state index contributed by atoms with van der Waals surface area (Å²) in [5, 5.41) is 7.97. The number of imidazole rings is 1. The highest BCUT2D eigenvalue weighted by Crippen LogP contribution is 2.23. The molecule has 1 fully saturated rings. The van der Waals surface area contributed by atoms with Gasteiger partial charge in [-0.1, -0.05) is 20.8 Å². The van der Waals surface area contributed by atoms with Gasteiger partial charge in [-0.25, -0.2) is 4.98 Å². The molecule has 1 saturated heterocycles. The maximum absolute atomic E-state index is 4.57. The predicted molar refractivity (Wildman–Crippen MR) is 83.6 cm³/mol. The molecule has 3 rings (SSSR count). The van der Waals surface area contributed by atoms with Crippen molar-refractivity contribution in [2.24, 2.45) is 5.41 Å². The van der Waals surface area contributed by atoms with E-state index >= 15 is 0 Å². The van der Waals surface area contributed by atoms with Gasteiger partial charge < -0.3 is 9.88 Å². The number of piperidine rings is 1. The second kappa shape index (κ2) is 5.64. The minimum absolute atomic E-state index is 0.253. The molecule has 2 aromatic rings. The van der Waals surface area contributed by atoms with Gasteiger partial charge in [0.1, 0.15) is 0 Å². The van der Waals surface area contributed by atoms with Crippen LogP contribution in [0.3, 0.4) is 0 Å². The van der Waals surface area contributed by atoms with E-state index in [0.29, 0.717) is 6.04 Å². The van der Waals surface area contributed by atoms with Gasteiger partial charge in [0.15, 0.2) is 0 Å². The number of nitrogens with zero attached hydrogens (tertiary/aromatic N) is 4. The molecule has 5 nitrogen and oxygen atoms in total. The van der Waals surface area contributed by atoms with Gasteiger partial charge in [0, 0.05) is 18.1 Å². The highest BCUT2D eigenvalue weighted by atomic mass is 15.3. The molecule has 1 aliphatic heterocycles. The van der Waals surface area contributed by atoms with Crippen molar-refractivity contribution in [3.8, 4) is 5.69 Å². The third-order valence-electron chi connectivity index (χ3n) is 3.98. The largest absolute Gasteiger partial charge is 0.317 e. The molecule has 0 amide bonds. The minimum Gasteiger partial charge on any atom is -0.317 e. The van der Waals surface area contributed by atoms with Crippen molar-refractivity contribution in [2.75, 3.05) is 13.1 Å². The van der Waals surface area contributed by atoms with E-state index in [2.05, 4.69) is 51.6 Å². The van der Waals surface area contributed by atoms with Crippen LogP contribution in [0.2, 0.25) is 0 Å². The first kappa shape index (κ1) is 14.3. The zero-order chi connectivity index (χ0) is 14.9. The molecule has 0 saturated carbocycles. The summed E-state index contributed by atoms with van der Waals surface area (Å²) in [7, 11) is 0. The summed E-state index contributed by atoms with van der Waals surface area (Å²) < 4.78 is 4.28. The molecule has 0 aliphatic carbocycles. The van der Waals surface area contributed by atoms with Gasteiger partial charge in [-0.2, -0.15) is 5.10 Å². The lowest BCUT2D eigenvalue weighted by molar-refractivity contribution is 0.343. The second-order valence-electron chi connectivity index (χ2n) is 7.15. The van der Waals surface area contributed by atoms with Crippen molar-refractivity contribution in [2.45, 2.75) is 46.1 Å². The molecule has 0 aromatic carbocycles. The highest BCUT2D eigenvalue weighted by Gasteiger charge is 2.18. The van der Waals surface area contributed by atoms with Gasteiger partial charge in [0.2, 0.25) is 0 Å². The van der Waals surface area contributed by atoms with E-state index in [9.17, 15) is 0 Å². The van der Waals surface area contributed by atoms with Crippen LogP contribution in [0.25, 0.3) is 5.69 Å². The number of hydrogen-bond donors (Lipinski definition) is 1. The molecular weight excluding hydrogens is 262 g/mol. The van der Waals surface area contributed by atoms with E-state index in [0.717, 1.165) is 38.0 Å². The van der Waals surface area contributed by atoms with Crippen LogP contribution < -0.4 is 5.32 Å². The standard InChI is InChI=1S/C16H25N5/c1-16(2,3)8-14-9-18-12-20(14)15-10-19-21(11-15)13-4-6-17-7-5-13/h9-13,17H,4-8H2,1-3H3. The van der Waals surface area contributed by atoms with Gasteiger partial charge in [-0.05, 0) is 37.8 Å². The Hall–Kier alpha value is -1.62. The zero-order valence-electron chi connectivity index (χ0n) is 13.2. The molecule has 0 atom stereocenters. The molecule has 5 heteroatoms. The fourth-order valence-corrected chi connectivity index (χ4v) is 2.95. The smallest absolute Gasteiger partial charge is 0.0995 e. The molecule has 1 N–H and O–H groups in total. The molecule has 0 spiro atoms. The Morgan fingerprint density at radius 1 is 1.24 bits per heavy atom. The fourth-order valence-electron chi connectivity index (χ4n) is 2.95. The van der Waals surface area contributed by atoms with Crippen LogP contribution in [0, 0.1) is 5.41 Å². The minimum atomic E-state index is 0.253. The average Bonchev–Trinajstić information content (AvgIpc) is 3.06. The molecule has 0 radical (unpaired) electrons. The number of aromatic nitrogens is 4. The van der Waals surface area contributed by atoms with Crippen molar-refractivity contribution in [3.63, 3.8) is 0 Å². The normalized spacial score (nSPS) is 17.3. The predicted octanol–water partition coefficient (Wildman–Crippen LogP) is 2.58. The number of rotatable bonds is 3. The topological polar surface area (TPSA) is 47.7 Å².